The fourth-order valence-corrected chi connectivity index (χ4v) is 3.47. The summed E-state index contributed by atoms with van der Waals surface area (Å²) in [5, 5.41) is 21.1. The van der Waals surface area contributed by atoms with E-state index in [4.69, 9.17) is 36.9 Å². The fourth-order valence-electron chi connectivity index (χ4n) is 3.35. The normalized spacial score (nSPS) is 16.6. The maximum absolute atomic E-state index is 8.85. The van der Waals surface area contributed by atoms with Crippen LogP contribution in [0.25, 0.3) is 0 Å². The van der Waals surface area contributed by atoms with Crippen LogP contribution >= 0.6 is 11.6 Å². The Morgan fingerprint density at radius 1 is 1.27 bits per heavy atom. The van der Waals surface area contributed by atoms with Gasteiger partial charge in [-0.15, -0.1) is 0 Å². The number of halogens is 1. The zero-order valence-corrected chi connectivity index (χ0v) is 20.7. The van der Waals surface area contributed by atoms with Crippen LogP contribution in [0, 0.1) is 10.8 Å². The van der Waals surface area contributed by atoms with Crippen LogP contribution in [0.3, 0.4) is 0 Å². The number of methoxy groups -OCH3 is 1. The van der Waals surface area contributed by atoms with E-state index in [1.165, 1.54) is 0 Å². The molecule has 2 aromatic rings. The number of nitrogens with two attached hydrogens (primary N) is 1. The van der Waals surface area contributed by atoms with Crippen molar-refractivity contribution in [3.63, 3.8) is 0 Å². The Bertz CT molecular complexity index is 1010. The number of primary amides is 1. The van der Waals surface area contributed by atoms with Gasteiger partial charge in [-0.05, 0) is 50.7 Å². The zero-order valence-electron chi connectivity index (χ0n) is 20.0. The summed E-state index contributed by atoms with van der Waals surface area (Å²) in [5.74, 6) is 1.12. The Morgan fingerprint density at radius 3 is 2.33 bits per heavy atom. The van der Waals surface area contributed by atoms with Crippen LogP contribution in [0.1, 0.15) is 45.7 Å². The number of benzene rings is 2. The molecule has 0 fully saturated rings. The van der Waals surface area contributed by atoms with Gasteiger partial charge in [0.1, 0.15) is 17.4 Å². The van der Waals surface area contributed by atoms with Crippen molar-refractivity contribution in [2.75, 3.05) is 18.6 Å². The highest BCUT2D eigenvalue weighted by Crippen LogP contribution is 2.34. The summed E-state index contributed by atoms with van der Waals surface area (Å²) in [6.07, 6.45) is 0.250. The predicted octanol–water partition coefficient (Wildman–Crippen LogP) is 4.43. The van der Waals surface area contributed by atoms with Crippen molar-refractivity contribution in [1.29, 1.82) is 10.8 Å². The Kier molecular flexibility index (Phi) is 10.7. The molecule has 1 heterocycles. The van der Waals surface area contributed by atoms with Crippen LogP contribution in [0.5, 0.6) is 5.75 Å². The van der Waals surface area contributed by atoms with Crippen LogP contribution in [-0.4, -0.2) is 43.1 Å². The van der Waals surface area contributed by atoms with Crippen molar-refractivity contribution in [1.82, 2.24) is 5.32 Å². The molecule has 33 heavy (non-hydrogen) atoms. The largest absolute Gasteiger partial charge is 0.497 e. The molecule has 1 atom stereocenters. The minimum atomic E-state index is -1.00. The summed E-state index contributed by atoms with van der Waals surface area (Å²) in [4.78, 5) is 15.2. The van der Waals surface area contributed by atoms with Crippen molar-refractivity contribution in [3.05, 3.63) is 58.6 Å². The van der Waals surface area contributed by atoms with E-state index in [2.05, 4.69) is 11.1 Å². The lowest BCUT2D eigenvalue weighted by Crippen LogP contribution is -2.55. The number of hydrogen-bond donors (Lipinski definition) is 4. The molecule has 1 aliphatic rings. The minimum absolute atomic E-state index is 0.192. The highest BCUT2D eigenvalue weighted by Gasteiger charge is 2.38. The summed E-state index contributed by atoms with van der Waals surface area (Å²) < 4.78 is 5.43. The van der Waals surface area contributed by atoms with Gasteiger partial charge in [-0.2, -0.15) is 0 Å². The highest BCUT2D eigenvalue weighted by molar-refractivity contribution is 6.31. The fraction of sp³-hybridized carbons (Fsp3) is 0.333. The number of fused-ring (bicyclic) bond motifs is 1. The molecule has 2 aromatic carbocycles. The number of amides is 1. The van der Waals surface area contributed by atoms with E-state index in [9.17, 15) is 0 Å². The van der Waals surface area contributed by atoms with Crippen LogP contribution in [0.15, 0.2) is 47.5 Å². The van der Waals surface area contributed by atoms with Gasteiger partial charge in [0.2, 0.25) is 6.41 Å². The Hall–Kier alpha value is -3.23. The number of carbonyl (C=O) groups excluding carboxylic acids is 1. The standard InChI is InChI=1S/C21H24ClN5O.C2H6.CH3NO/c1-5-25-21(3)20(24)27(13(2)23)18-11-10-16(28-4)12-17(18)19(26-21)14-6-8-15(22)9-7-14;1-2;2-1-3/h6-12,23-25H,5H2,1-4H3;1-2H3;1H,(H2,2,3). The number of nitrogens with zero attached hydrogens (tertiary/aromatic N) is 2. The first kappa shape index (κ1) is 27.8. The molecule has 0 saturated heterocycles. The van der Waals surface area contributed by atoms with Gasteiger partial charge in [-0.1, -0.05) is 44.5 Å². The number of anilines is 1. The van der Waals surface area contributed by atoms with Gasteiger partial charge in [0, 0.05) is 16.1 Å². The van der Waals surface area contributed by atoms with Crippen molar-refractivity contribution >= 4 is 41.1 Å². The SMILES string of the molecule is CC.CCNC1(C)N=C(c2ccc(Cl)cc2)c2cc(OC)ccc2N(C(C)=N)C1=N.NC=O. The number of benzodiazepines with no additional fused rings is 1. The lowest BCUT2D eigenvalue weighted by atomic mass is 9.99. The molecular weight excluding hydrogens is 440 g/mol. The van der Waals surface area contributed by atoms with Gasteiger partial charge in [-0.3, -0.25) is 30.8 Å². The van der Waals surface area contributed by atoms with E-state index in [1.54, 1.807) is 18.9 Å². The molecular formula is C24H33ClN6O2. The number of carbonyl (C=O) groups is 1. The lowest BCUT2D eigenvalue weighted by Gasteiger charge is -2.33. The van der Waals surface area contributed by atoms with E-state index in [0.717, 1.165) is 11.1 Å². The van der Waals surface area contributed by atoms with Gasteiger partial charge < -0.3 is 10.5 Å². The van der Waals surface area contributed by atoms with Gasteiger partial charge in [-0.25, -0.2) is 0 Å². The number of likely N-dealkylation sites (N-methyl/N-ethyl adjacent to an activating group) is 1. The molecule has 1 amide bonds. The molecule has 1 unspecified atom stereocenters. The molecule has 178 valence electrons. The average molecular weight is 473 g/mol. The summed E-state index contributed by atoms with van der Waals surface area (Å²) in [6.45, 7) is 10.1. The van der Waals surface area contributed by atoms with E-state index in [-0.39, 0.29) is 18.1 Å². The molecule has 9 heteroatoms. The minimum Gasteiger partial charge on any atom is -0.497 e. The first-order valence-corrected chi connectivity index (χ1v) is 11.0. The van der Waals surface area contributed by atoms with Crippen LogP contribution < -0.4 is 20.7 Å². The second-order valence-electron chi connectivity index (χ2n) is 6.86. The van der Waals surface area contributed by atoms with Crippen molar-refractivity contribution < 1.29 is 9.53 Å². The van der Waals surface area contributed by atoms with Crippen LogP contribution in [0.2, 0.25) is 5.02 Å². The number of nitrogens with one attached hydrogen (secondary N) is 3. The topological polar surface area (TPSA) is 128 Å². The van der Waals surface area contributed by atoms with E-state index >= 15 is 0 Å². The van der Waals surface area contributed by atoms with Crippen LogP contribution in [0.4, 0.5) is 5.69 Å². The number of hydrogen-bond acceptors (Lipinski definition) is 6. The second kappa shape index (κ2) is 12.7. The molecule has 0 spiro atoms. The number of rotatable bonds is 4. The van der Waals surface area contributed by atoms with Gasteiger partial charge in [0.15, 0.2) is 5.66 Å². The molecule has 8 nitrogen and oxygen atoms in total. The molecule has 5 N–H and O–H groups in total. The van der Waals surface area contributed by atoms with Crippen molar-refractivity contribution in [2.45, 2.75) is 40.3 Å². The maximum Gasteiger partial charge on any atom is 0.204 e. The number of aliphatic imine (C=N–C) groups is 1. The van der Waals surface area contributed by atoms with E-state index in [1.807, 2.05) is 70.2 Å². The smallest absolute Gasteiger partial charge is 0.204 e. The molecule has 0 bridgehead atoms. The van der Waals surface area contributed by atoms with Crippen molar-refractivity contribution in [3.8, 4) is 5.75 Å². The highest BCUT2D eigenvalue weighted by atomic mass is 35.5. The monoisotopic (exact) mass is 472 g/mol. The molecule has 3 rings (SSSR count). The number of amidine groups is 2. The number of ether oxygens (including phenoxy) is 1. The van der Waals surface area contributed by atoms with Gasteiger partial charge >= 0.3 is 0 Å². The summed E-state index contributed by atoms with van der Waals surface area (Å²) in [5.41, 5.74) is 6.26. The molecule has 0 aliphatic carbocycles. The Labute approximate surface area is 200 Å². The molecule has 1 aliphatic heterocycles. The predicted molar refractivity (Wildman–Crippen MR) is 137 cm³/mol. The zero-order chi connectivity index (χ0) is 25.2. The first-order chi connectivity index (χ1) is 15.7. The summed E-state index contributed by atoms with van der Waals surface area (Å²) >= 11 is 6.08. The molecule has 0 saturated carbocycles. The van der Waals surface area contributed by atoms with Crippen molar-refractivity contribution in [2.24, 2.45) is 10.7 Å². The molecule has 0 aromatic heterocycles. The first-order valence-electron chi connectivity index (χ1n) is 10.6. The Morgan fingerprint density at radius 2 is 1.85 bits per heavy atom. The summed E-state index contributed by atoms with van der Waals surface area (Å²) in [7, 11) is 1.61. The quantitative estimate of drug-likeness (QED) is 0.298. The van der Waals surface area contributed by atoms with Gasteiger partial charge in [0.05, 0.1) is 18.5 Å². The average Bonchev–Trinajstić information content (AvgIpc) is 2.89. The lowest BCUT2D eigenvalue weighted by molar-refractivity contribution is -0.106. The second-order valence-corrected chi connectivity index (χ2v) is 7.29. The maximum atomic E-state index is 8.85. The van der Waals surface area contributed by atoms with E-state index in [0.29, 0.717) is 28.7 Å². The molecule has 0 radical (unpaired) electrons. The third-order valence-corrected chi connectivity index (χ3v) is 4.95. The van der Waals surface area contributed by atoms with E-state index < -0.39 is 5.66 Å². The third-order valence-electron chi connectivity index (χ3n) is 4.69. The summed E-state index contributed by atoms with van der Waals surface area (Å²) in [6, 6.07) is 13.0. The van der Waals surface area contributed by atoms with Crippen LogP contribution in [-0.2, 0) is 4.79 Å². The Balaban J connectivity index is 0.00000101. The van der Waals surface area contributed by atoms with Gasteiger partial charge in [0.25, 0.3) is 0 Å². The third kappa shape index (κ3) is 6.40.